The van der Waals surface area contributed by atoms with Crippen LogP contribution in [0, 0.1) is 6.92 Å². The van der Waals surface area contributed by atoms with E-state index < -0.39 is 0 Å². The lowest BCUT2D eigenvalue weighted by Gasteiger charge is -2.12. The van der Waals surface area contributed by atoms with Gasteiger partial charge in [0.15, 0.2) is 5.78 Å². The van der Waals surface area contributed by atoms with Gasteiger partial charge < -0.3 is 9.30 Å². The average molecular weight is 382 g/mol. The van der Waals surface area contributed by atoms with E-state index in [-0.39, 0.29) is 11.5 Å². The lowest BCUT2D eigenvalue weighted by molar-refractivity contribution is 0.102. The van der Waals surface area contributed by atoms with Gasteiger partial charge in [0.2, 0.25) is 5.16 Å². The van der Waals surface area contributed by atoms with Crippen molar-refractivity contribution in [3.63, 3.8) is 0 Å². The van der Waals surface area contributed by atoms with Crippen LogP contribution in [0.4, 0.5) is 0 Å². The number of ether oxygens (including phenoxy) is 1. The van der Waals surface area contributed by atoms with E-state index in [1.807, 2.05) is 36.7 Å². The number of benzene rings is 1. The Labute approximate surface area is 162 Å². The first kappa shape index (κ1) is 18.0. The summed E-state index contributed by atoms with van der Waals surface area (Å²) >= 11 is 1.36. The van der Waals surface area contributed by atoms with Crippen molar-refractivity contribution in [1.29, 1.82) is 0 Å². The van der Waals surface area contributed by atoms with E-state index in [4.69, 9.17) is 4.74 Å². The molecule has 0 saturated carbocycles. The van der Waals surface area contributed by atoms with Crippen LogP contribution in [0.25, 0.3) is 10.9 Å². The number of fused-ring (bicyclic) bond motifs is 2. The van der Waals surface area contributed by atoms with Crippen molar-refractivity contribution in [2.24, 2.45) is 7.05 Å². The Balaban J connectivity index is 1.59. The first-order valence-electron chi connectivity index (χ1n) is 9.10. The summed E-state index contributed by atoms with van der Waals surface area (Å²) in [6, 6.07) is 5.83. The van der Waals surface area contributed by atoms with Crippen LogP contribution < -0.4 is 4.74 Å². The van der Waals surface area contributed by atoms with E-state index >= 15 is 0 Å². The summed E-state index contributed by atoms with van der Waals surface area (Å²) in [6.07, 6.45) is 4.20. The Bertz CT molecular complexity index is 1030. The van der Waals surface area contributed by atoms with E-state index in [2.05, 4.69) is 15.2 Å². The fourth-order valence-corrected chi connectivity index (χ4v) is 4.31. The highest BCUT2D eigenvalue weighted by molar-refractivity contribution is 7.99. The second kappa shape index (κ2) is 7.31. The predicted molar refractivity (Wildman–Crippen MR) is 106 cm³/mol. The van der Waals surface area contributed by atoms with Crippen LogP contribution in [-0.4, -0.2) is 38.4 Å². The molecule has 0 bridgehead atoms. The number of thioether (sulfide) groups is 1. The molecule has 2 heterocycles. The maximum absolute atomic E-state index is 13.0. The minimum Gasteiger partial charge on any atom is -0.497 e. The van der Waals surface area contributed by atoms with Gasteiger partial charge in [0.05, 0.1) is 24.3 Å². The fraction of sp³-hybridized carbons (Fsp3) is 0.400. The van der Waals surface area contributed by atoms with Crippen LogP contribution in [-0.2, 0) is 19.9 Å². The summed E-state index contributed by atoms with van der Waals surface area (Å²) in [5.41, 5.74) is 4.76. The van der Waals surface area contributed by atoms with Crippen molar-refractivity contribution in [3.8, 4) is 5.75 Å². The molecule has 0 radical (unpaired) electrons. The zero-order valence-corrected chi connectivity index (χ0v) is 16.6. The van der Waals surface area contributed by atoms with E-state index in [0.717, 1.165) is 65.0 Å². The standard InChI is InChI=1S/C20H22N4O2S/c1-12-19(14-10-13(26-3)8-9-17(14)24(12)2)18(25)11-27-20-21-15-6-4-5-7-16(15)22-23-20/h8-10H,4-7,11H2,1-3H3. The van der Waals surface area contributed by atoms with Crippen LogP contribution in [0.15, 0.2) is 23.4 Å². The molecule has 140 valence electrons. The second-order valence-corrected chi connectivity index (χ2v) is 7.75. The molecule has 7 heteroatoms. The smallest absolute Gasteiger partial charge is 0.209 e. The number of methoxy groups -OCH3 is 1. The molecule has 0 N–H and O–H groups in total. The molecule has 27 heavy (non-hydrogen) atoms. The Morgan fingerprint density at radius 1 is 1.22 bits per heavy atom. The zero-order chi connectivity index (χ0) is 19.0. The third kappa shape index (κ3) is 3.32. The minimum atomic E-state index is 0.0673. The van der Waals surface area contributed by atoms with E-state index in [1.54, 1.807) is 7.11 Å². The number of ketones is 1. The highest BCUT2D eigenvalue weighted by Crippen LogP contribution is 2.30. The number of hydrogen-bond acceptors (Lipinski definition) is 6. The lowest BCUT2D eigenvalue weighted by Crippen LogP contribution is -2.11. The van der Waals surface area contributed by atoms with Gasteiger partial charge in [-0.05, 0) is 50.8 Å². The lowest BCUT2D eigenvalue weighted by atomic mass is 10.0. The maximum atomic E-state index is 13.0. The van der Waals surface area contributed by atoms with Gasteiger partial charge in [-0.3, -0.25) is 4.79 Å². The maximum Gasteiger partial charge on any atom is 0.209 e. The van der Waals surface area contributed by atoms with Crippen molar-refractivity contribution in [1.82, 2.24) is 19.7 Å². The van der Waals surface area contributed by atoms with E-state index in [0.29, 0.717) is 5.16 Å². The van der Waals surface area contributed by atoms with E-state index in [1.165, 1.54) is 11.8 Å². The molecule has 4 rings (SSSR count). The molecule has 0 atom stereocenters. The van der Waals surface area contributed by atoms with Crippen LogP contribution in [0.1, 0.15) is 40.3 Å². The van der Waals surface area contributed by atoms with Gasteiger partial charge in [-0.25, -0.2) is 4.98 Å². The number of carbonyl (C=O) groups is 1. The summed E-state index contributed by atoms with van der Waals surface area (Å²) in [5.74, 6) is 1.10. The summed E-state index contributed by atoms with van der Waals surface area (Å²) in [6.45, 7) is 1.97. The molecule has 0 unspecified atom stereocenters. The summed E-state index contributed by atoms with van der Waals surface area (Å²) in [5, 5.41) is 10.0. The van der Waals surface area contributed by atoms with Crippen molar-refractivity contribution >= 4 is 28.4 Å². The molecule has 0 aliphatic heterocycles. The molecule has 1 aliphatic rings. The summed E-state index contributed by atoms with van der Waals surface area (Å²) in [4.78, 5) is 17.6. The van der Waals surface area contributed by atoms with Crippen LogP contribution in [0.3, 0.4) is 0 Å². The molecular formula is C20H22N4O2S. The van der Waals surface area contributed by atoms with Gasteiger partial charge in [0, 0.05) is 29.2 Å². The third-order valence-corrected chi connectivity index (χ3v) is 6.05. The largest absolute Gasteiger partial charge is 0.497 e. The van der Waals surface area contributed by atoms with Gasteiger partial charge in [-0.15, -0.1) is 5.10 Å². The van der Waals surface area contributed by atoms with Gasteiger partial charge >= 0.3 is 0 Å². The van der Waals surface area contributed by atoms with Crippen LogP contribution >= 0.6 is 11.8 Å². The molecule has 0 fully saturated rings. The van der Waals surface area contributed by atoms with Gasteiger partial charge in [-0.2, -0.15) is 5.10 Å². The SMILES string of the molecule is COc1ccc2c(c1)c(C(=O)CSc1nnc3c(n1)CCCC3)c(C)n2C. The van der Waals surface area contributed by atoms with Gasteiger partial charge in [-0.1, -0.05) is 11.8 Å². The molecule has 0 amide bonds. The normalized spacial score (nSPS) is 13.6. The molecule has 1 aromatic carbocycles. The minimum absolute atomic E-state index is 0.0673. The number of carbonyl (C=O) groups excluding carboxylic acids is 1. The number of rotatable bonds is 5. The Morgan fingerprint density at radius 3 is 2.78 bits per heavy atom. The molecule has 0 spiro atoms. The highest BCUT2D eigenvalue weighted by atomic mass is 32.2. The number of hydrogen-bond donors (Lipinski definition) is 0. The third-order valence-electron chi connectivity index (χ3n) is 5.21. The van der Waals surface area contributed by atoms with Gasteiger partial charge in [0.25, 0.3) is 0 Å². The van der Waals surface area contributed by atoms with Crippen molar-refractivity contribution in [2.75, 3.05) is 12.9 Å². The highest BCUT2D eigenvalue weighted by Gasteiger charge is 2.20. The van der Waals surface area contributed by atoms with Gasteiger partial charge in [0.1, 0.15) is 5.75 Å². The molecule has 2 aromatic heterocycles. The molecular weight excluding hydrogens is 360 g/mol. The Kier molecular flexibility index (Phi) is 4.86. The van der Waals surface area contributed by atoms with Crippen LogP contribution in [0.5, 0.6) is 5.75 Å². The summed E-state index contributed by atoms with van der Waals surface area (Å²) in [7, 11) is 3.61. The zero-order valence-electron chi connectivity index (χ0n) is 15.8. The fourth-order valence-electron chi connectivity index (χ4n) is 3.64. The first-order chi connectivity index (χ1) is 13.1. The number of aryl methyl sites for hydroxylation is 3. The molecule has 1 aliphatic carbocycles. The van der Waals surface area contributed by atoms with Crippen molar-refractivity contribution in [3.05, 3.63) is 40.8 Å². The topological polar surface area (TPSA) is 69.9 Å². The van der Waals surface area contributed by atoms with Crippen LogP contribution in [0.2, 0.25) is 0 Å². The molecule has 0 saturated heterocycles. The number of Topliss-reactive ketones (excluding diaryl/α,β-unsaturated/α-hetero) is 1. The van der Waals surface area contributed by atoms with E-state index in [9.17, 15) is 4.79 Å². The van der Waals surface area contributed by atoms with Crippen molar-refractivity contribution < 1.29 is 9.53 Å². The second-order valence-electron chi connectivity index (χ2n) is 6.81. The number of aromatic nitrogens is 4. The Morgan fingerprint density at radius 2 is 2.00 bits per heavy atom. The van der Waals surface area contributed by atoms with Crippen molar-refractivity contribution in [2.45, 2.75) is 37.8 Å². The molecule has 6 nitrogen and oxygen atoms in total. The quantitative estimate of drug-likeness (QED) is 0.497. The number of nitrogens with zero attached hydrogens (tertiary/aromatic N) is 4. The summed E-state index contributed by atoms with van der Waals surface area (Å²) < 4.78 is 7.38. The molecule has 3 aromatic rings. The monoisotopic (exact) mass is 382 g/mol. The average Bonchev–Trinajstić information content (AvgIpc) is 2.95. The first-order valence-corrected chi connectivity index (χ1v) is 10.1. The Hall–Kier alpha value is -2.41. The predicted octanol–water partition coefficient (Wildman–Crippen LogP) is 3.53.